The zero-order valence-electron chi connectivity index (χ0n) is 4.42. The summed E-state index contributed by atoms with van der Waals surface area (Å²) >= 11 is 0. The molecule has 0 aliphatic heterocycles. The standard InChI is InChI=1S/C5H5N.2ClH.Co/c1-2-4-6-5-3-1;;;/h1-5H;2*1H;/q;;;+3/p-2. The number of hydrogen-bond acceptors (Lipinski definition) is 1. The van der Waals surface area contributed by atoms with E-state index in [0.29, 0.717) is 0 Å². The first-order chi connectivity index (χ1) is 3.00. The predicted octanol–water partition coefficient (Wildman–Crippen LogP) is -4.91. The van der Waals surface area contributed by atoms with Gasteiger partial charge in [0.2, 0.25) is 0 Å². The first kappa shape index (κ1) is 16.1. The van der Waals surface area contributed by atoms with Gasteiger partial charge in [0.25, 0.3) is 0 Å². The van der Waals surface area contributed by atoms with Crippen molar-refractivity contribution in [2.24, 2.45) is 0 Å². The maximum absolute atomic E-state index is 3.78. The maximum Gasteiger partial charge on any atom is 3.00 e. The van der Waals surface area contributed by atoms with Crippen LogP contribution in [0.25, 0.3) is 0 Å². The van der Waals surface area contributed by atoms with E-state index in [1.54, 1.807) is 12.4 Å². The van der Waals surface area contributed by atoms with E-state index in [2.05, 4.69) is 4.98 Å². The molecule has 1 aromatic rings. The van der Waals surface area contributed by atoms with E-state index in [1.807, 2.05) is 18.2 Å². The Balaban J connectivity index is -0.000000120. The average molecular weight is 209 g/mol. The summed E-state index contributed by atoms with van der Waals surface area (Å²) in [7, 11) is 0. The van der Waals surface area contributed by atoms with E-state index in [4.69, 9.17) is 0 Å². The Labute approximate surface area is 77.3 Å². The molecule has 0 aromatic carbocycles. The summed E-state index contributed by atoms with van der Waals surface area (Å²) in [4.78, 5) is 3.78. The van der Waals surface area contributed by atoms with Crippen LogP contribution in [-0.4, -0.2) is 4.98 Å². The molecule has 0 fully saturated rings. The van der Waals surface area contributed by atoms with Gasteiger partial charge in [-0.05, 0) is 12.1 Å². The summed E-state index contributed by atoms with van der Waals surface area (Å²) in [5, 5.41) is 0. The van der Waals surface area contributed by atoms with E-state index in [-0.39, 0.29) is 41.6 Å². The zero-order valence-corrected chi connectivity index (χ0v) is 6.98. The van der Waals surface area contributed by atoms with Crippen molar-refractivity contribution in [3.8, 4) is 0 Å². The molecule has 1 rings (SSSR count). The number of pyridine rings is 1. The fourth-order valence-electron chi connectivity index (χ4n) is 0.313. The van der Waals surface area contributed by atoms with E-state index in [1.165, 1.54) is 0 Å². The Morgan fingerprint density at radius 2 is 1.22 bits per heavy atom. The van der Waals surface area contributed by atoms with Crippen LogP contribution < -0.4 is 24.8 Å². The first-order valence-electron chi connectivity index (χ1n) is 1.85. The molecule has 0 unspecified atom stereocenters. The number of aromatic nitrogens is 1. The van der Waals surface area contributed by atoms with Crippen molar-refractivity contribution >= 4 is 0 Å². The van der Waals surface area contributed by atoms with E-state index >= 15 is 0 Å². The smallest absolute Gasteiger partial charge is 1.00 e. The molecule has 1 heterocycles. The van der Waals surface area contributed by atoms with Crippen molar-refractivity contribution < 1.29 is 41.6 Å². The van der Waals surface area contributed by atoms with Gasteiger partial charge in [-0.15, -0.1) is 0 Å². The van der Waals surface area contributed by atoms with Crippen molar-refractivity contribution in [3.05, 3.63) is 30.6 Å². The Bertz CT molecular complexity index is 86.9. The summed E-state index contributed by atoms with van der Waals surface area (Å²) in [6.07, 6.45) is 3.50. The maximum atomic E-state index is 3.78. The third-order valence-corrected chi connectivity index (χ3v) is 0.566. The minimum Gasteiger partial charge on any atom is -1.00 e. The molecule has 1 nitrogen and oxygen atoms in total. The van der Waals surface area contributed by atoms with Gasteiger partial charge in [-0.2, -0.15) is 0 Å². The van der Waals surface area contributed by atoms with Crippen LogP contribution in [0, 0.1) is 0 Å². The monoisotopic (exact) mass is 208 g/mol. The van der Waals surface area contributed by atoms with Gasteiger partial charge in [-0.1, -0.05) is 6.07 Å². The Hall–Kier alpha value is 0.236. The first-order valence-corrected chi connectivity index (χ1v) is 1.85. The number of hydrogen-bond donors (Lipinski definition) is 0. The van der Waals surface area contributed by atoms with Gasteiger partial charge in [0, 0.05) is 12.4 Å². The van der Waals surface area contributed by atoms with Crippen molar-refractivity contribution in [1.82, 2.24) is 4.98 Å². The molecular weight excluding hydrogens is 204 g/mol. The second kappa shape index (κ2) is 11.1. The fraction of sp³-hybridized carbons (Fsp3) is 0. The van der Waals surface area contributed by atoms with Crippen LogP contribution in [0.4, 0.5) is 0 Å². The topological polar surface area (TPSA) is 12.9 Å². The minimum atomic E-state index is 0. The average Bonchev–Trinajstić information content (AvgIpc) is 1.72. The molecule has 4 heteroatoms. The van der Waals surface area contributed by atoms with Gasteiger partial charge < -0.3 is 24.8 Å². The summed E-state index contributed by atoms with van der Waals surface area (Å²) < 4.78 is 0. The molecule has 0 saturated carbocycles. The van der Waals surface area contributed by atoms with Crippen molar-refractivity contribution in [2.75, 3.05) is 0 Å². The van der Waals surface area contributed by atoms with Crippen LogP contribution in [0.2, 0.25) is 0 Å². The summed E-state index contributed by atoms with van der Waals surface area (Å²) in [6.45, 7) is 0. The van der Waals surface area contributed by atoms with Crippen LogP contribution in [0.15, 0.2) is 30.6 Å². The molecule has 0 spiro atoms. The molecule has 0 radical (unpaired) electrons. The second-order valence-electron chi connectivity index (χ2n) is 1.02. The molecular formula is C5H5Cl2CoN+. The minimum absolute atomic E-state index is 0. The quantitative estimate of drug-likeness (QED) is 0.417. The van der Waals surface area contributed by atoms with Crippen molar-refractivity contribution in [3.63, 3.8) is 0 Å². The fourth-order valence-corrected chi connectivity index (χ4v) is 0.313. The van der Waals surface area contributed by atoms with Crippen molar-refractivity contribution in [1.29, 1.82) is 0 Å². The molecule has 0 amide bonds. The van der Waals surface area contributed by atoms with E-state index in [0.717, 1.165) is 0 Å². The number of rotatable bonds is 0. The largest absolute Gasteiger partial charge is 3.00 e. The van der Waals surface area contributed by atoms with Crippen LogP contribution in [0.5, 0.6) is 0 Å². The Kier molecular flexibility index (Phi) is 19.9. The van der Waals surface area contributed by atoms with E-state index in [9.17, 15) is 0 Å². The van der Waals surface area contributed by atoms with E-state index < -0.39 is 0 Å². The molecule has 0 saturated heterocycles. The normalized spacial score (nSPS) is 5.33. The van der Waals surface area contributed by atoms with Crippen LogP contribution in [0.1, 0.15) is 0 Å². The van der Waals surface area contributed by atoms with Crippen LogP contribution in [-0.2, 0) is 16.8 Å². The number of halogens is 2. The SMILES string of the molecule is [Cl-].[Cl-].[Co+3].c1ccncc1. The van der Waals surface area contributed by atoms with Gasteiger partial charge in [0.1, 0.15) is 0 Å². The molecule has 9 heavy (non-hydrogen) atoms. The third kappa shape index (κ3) is 8.24. The van der Waals surface area contributed by atoms with Gasteiger partial charge >= 0.3 is 16.8 Å². The van der Waals surface area contributed by atoms with Crippen LogP contribution >= 0.6 is 0 Å². The molecule has 52 valence electrons. The summed E-state index contributed by atoms with van der Waals surface area (Å²) in [5.41, 5.74) is 0. The number of nitrogens with zero attached hydrogens (tertiary/aromatic N) is 1. The van der Waals surface area contributed by atoms with Gasteiger partial charge in [0.15, 0.2) is 0 Å². The van der Waals surface area contributed by atoms with Gasteiger partial charge in [-0.3, -0.25) is 4.98 Å². The molecule has 0 atom stereocenters. The molecule has 1 aromatic heterocycles. The van der Waals surface area contributed by atoms with Crippen molar-refractivity contribution in [2.45, 2.75) is 0 Å². The van der Waals surface area contributed by atoms with Crippen LogP contribution in [0.3, 0.4) is 0 Å². The predicted molar refractivity (Wildman–Crippen MR) is 24.2 cm³/mol. The third-order valence-electron chi connectivity index (χ3n) is 0.566. The Morgan fingerprint density at radius 1 is 0.778 bits per heavy atom. The summed E-state index contributed by atoms with van der Waals surface area (Å²) in [5.74, 6) is 0. The molecule has 0 bridgehead atoms. The van der Waals surface area contributed by atoms with Gasteiger partial charge in [0.05, 0.1) is 0 Å². The molecule has 0 aliphatic carbocycles. The summed E-state index contributed by atoms with van der Waals surface area (Å²) in [6, 6.07) is 5.72. The molecule has 0 N–H and O–H groups in total. The molecule has 0 aliphatic rings. The second-order valence-corrected chi connectivity index (χ2v) is 1.02. The Morgan fingerprint density at radius 3 is 1.33 bits per heavy atom. The van der Waals surface area contributed by atoms with Gasteiger partial charge in [-0.25, -0.2) is 0 Å². The zero-order chi connectivity index (χ0) is 4.24.